The van der Waals surface area contributed by atoms with E-state index in [-0.39, 0.29) is 17.3 Å². The molecule has 1 aromatic heterocycles. The molecule has 0 spiro atoms. The van der Waals surface area contributed by atoms with Crippen LogP contribution in [0.5, 0.6) is 11.5 Å². The van der Waals surface area contributed by atoms with Crippen molar-refractivity contribution in [2.24, 2.45) is 0 Å². The van der Waals surface area contributed by atoms with Crippen LogP contribution in [-0.4, -0.2) is 33.2 Å². The van der Waals surface area contributed by atoms with Crippen LogP contribution >= 0.6 is 11.3 Å². The number of thiazole rings is 1. The number of aryl methyl sites for hydroxylation is 1. The summed E-state index contributed by atoms with van der Waals surface area (Å²) in [6, 6.07) is 10.8. The van der Waals surface area contributed by atoms with Gasteiger partial charge in [-0.15, -0.1) is 11.3 Å². The number of nitrogens with one attached hydrogen (secondary N) is 1. The first-order valence-corrected chi connectivity index (χ1v) is 11.3. The second-order valence-corrected chi connectivity index (χ2v) is 9.34. The number of benzene rings is 2. The van der Waals surface area contributed by atoms with Crippen LogP contribution in [0.2, 0.25) is 0 Å². The fourth-order valence-electron chi connectivity index (χ4n) is 2.98. The summed E-state index contributed by atoms with van der Waals surface area (Å²) in [6.45, 7) is 2.93. The highest BCUT2D eigenvalue weighted by atomic mass is 32.2. The fraction of sp³-hybridized carbons (Fsp3) is 0.250. The molecule has 0 saturated carbocycles. The molecule has 2 aromatic carbocycles. The predicted molar refractivity (Wildman–Crippen MR) is 109 cm³/mol. The summed E-state index contributed by atoms with van der Waals surface area (Å²) >= 11 is 1.44. The maximum atomic E-state index is 13.4. The molecular weight excluding hydrogens is 415 g/mol. The minimum atomic E-state index is -3.68. The van der Waals surface area contributed by atoms with Gasteiger partial charge in [0.25, 0.3) is 0 Å². The Hall–Kier alpha value is -2.49. The molecule has 6 nitrogen and oxygen atoms in total. The van der Waals surface area contributed by atoms with Gasteiger partial charge in [-0.3, -0.25) is 0 Å². The van der Waals surface area contributed by atoms with Gasteiger partial charge in [-0.25, -0.2) is 22.5 Å². The van der Waals surface area contributed by atoms with Crippen LogP contribution < -0.4 is 14.2 Å². The van der Waals surface area contributed by atoms with Gasteiger partial charge in [0.05, 0.1) is 10.6 Å². The van der Waals surface area contributed by atoms with Crippen molar-refractivity contribution in [1.82, 2.24) is 9.71 Å². The smallest absolute Gasteiger partial charge is 0.240 e. The average Bonchev–Trinajstić information content (AvgIpc) is 3.08. The van der Waals surface area contributed by atoms with E-state index in [0.29, 0.717) is 41.7 Å². The van der Waals surface area contributed by atoms with Crippen LogP contribution in [0.15, 0.2) is 47.4 Å². The van der Waals surface area contributed by atoms with E-state index >= 15 is 0 Å². The topological polar surface area (TPSA) is 77.5 Å². The monoisotopic (exact) mass is 434 g/mol. The second kappa shape index (κ2) is 8.10. The molecular formula is C20H19FN2O4S2. The highest BCUT2D eigenvalue weighted by molar-refractivity contribution is 7.89. The molecule has 2 heterocycles. The molecule has 0 aliphatic carbocycles. The van der Waals surface area contributed by atoms with Crippen LogP contribution in [0.4, 0.5) is 4.39 Å². The lowest BCUT2D eigenvalue weighted by molar-refractivity contribution is 0.171. The second-order valence-electron chi connectivity index (χ2n) is 6.49. The molecule has 0 atom stereocenters. The van der Waals surface area contributed by atoms with Gasteiger partial charge in [-0.2, -0.15) is 0 Å². The number of aromatic nitrogens is 1. The van der Waals surface area contributed by atoms with Gasteiger partial charge in [0.2, 0.25) is 10.0 Å². The molecule has 0 fully saturated rings. The minimum Gasteiger partial charge on any atom is -0.486 e. The molecule has 0 bridgehead atoms. The molecule has 0 radical (unpaired) electrons. The summed E-state index contributed by atoms with van der Waals surface area (Å²) < 4.78 is 52.1. The predicted octanol–water partition coefficient (Wildman–Crippen LogP) is 3.55. The lowest BCUT2D eigenvalue weighted by Crippen LogP contribution is -2.26. The van der Waals surface area contributed by atoms with Crippen LogP contribution in [0.25, 0.3) is 10.6 Å². The summed E-state index contributed by atoms with van der Waals surface area (Å²) in [5.74, 6) is 0.654. The molecule has 1 N–H and O–H groups in total. The Morgan fingerprint density at radius 1 is 1.14 bits per heavy atom. The summed E-state index contributed by atoms with van der Waals surface area (Å²) in [5.41, 5.74) is 1.52. The Kier molecular flexibility index (Phi) is 5.53. The van der Waals surface area contributed by atoms with Crippen molar-refractivity contribution >= 4 is 21.4 Å². The lowest BCUT2D eigenvalue weighted by atomic mass is 10.2. The first-order chi connectivity index (χ1) is 13.9. The summed E-state index contributed by atoms with van der Waals surface area (Å²) in [5, 5.41) is 0.715. The van der Waals surface area contributed by atoms with Gasteiger partial charge in [-0.1, -0.05) is 12.1 Å². The molecule has 1 aliphatic rings. The minimum absolute atomic E-state index is 0.128. The van der Waals surface area contributed by atoms with E-state index < -0.39 is 10.0 Å². The van der Waals surface area contributed by atoms with Crippen LogP contribution in [0.1, 0.15) is 10.6 Å². The molecule has 1 aliphatic heterocycles. The van der Waals surface area contributed by atoms with Crippen molar-refractivity contribution < 1.29 is 22.3 Å². The number of hydrogen-bond acceptors (Lipinski definition) is 6. The third kappa shape index (κ3) is 4.42. The van der Waals surface area contributed by atoms with Gasteiger partial charge >= 0.3 is 0 Å². The van der Waals surface area contributed by atoms with Crippen LogP contribution in [0.3, 0.4) is 0 Å². The van der Waals surface area contributed by atoms with Crippen molar-refractivity contribution in [3.8, 4) is 22.1 Å². The zero-order valence-corrected chi connectivity index (χ0v) is 17.3. The van der Waals surface area contributed by atoms with Gasteiger partial charge < -0.3 is 9.47 Å². The van der Waals surface area contributed by atoms with E-state index in [1.165, 1.54) is 35.6 Å². The molecule has 0 unspecified atom stereocenters. The number of ether oxygens (including phenoxy) is 2. The van der Waals surface area contributed by atoms with Crippen molar-refractivity contribution in [3.05, 3.63) is 58.9 Å². The molecule has 0 amide bonds. The van der Waals surface area contributed by atoms with E-state index in [1.54, 1.807) is 18.2 Å². The van der Waals surface area contributed by atoms with Crippen LogP contribution in [-0.2, 0) is 16.4 Å². The van der Waals surface area contributed by atoms with Crippen molar-refractivity contribution in [3.63, 3.8) is 0 Å². The number of halogens is 1. The maximum Gasteiger partial charge on any atom is 0.240 e. The summed E-state index contributed by atoms with van der Waals surface area (Å²) in [6.07, 6.45) is 0.489. The van der Waals surface area contributed by atoms with E-state index in [9.17, 15) is 12.8 Å². The molecule has 0 saturated heterocycles. The molecule has 29 heavy (non-hydrogen) atoms. The van der Waals surface area contributed by atoms with E-state index in [4.69, 9.17) is 9.47 Å². The van der Waals surface area contributed by atoms with Crippen molar-refractivity contribution in [2.75, 3.05) is 19.8 Å². The Bertz CT molecular complexity index is 1150. The van der Waals surface area contributed by atoms with Crippen LogP contribution in [0, 0.1) is 12.7 Å². The first kappa shape index (κ1) is 19.8. The van der Waals surface area contributed by atoms with Crippen molar-refractivity contribution in [1.29, 1.82) is 0 Å². The SMILES string of the molecule is Cc1nc(-c2cccc(F)c2)sc1CCNS(=O)(=O)c1ccc2c(c1)OCCO2. The highest BCUT2D eigenvalue weighted by Gasteiger charge is 2.19. The van der Waals surface area contributed by atoms with Gasteiger partial charge in [-0.05, 0) is 37.6 Å². The fourth-order valence-corrected chi connectivity index (χ4v) is 5.08. The zero-order chi connectivity index (χ0) is 20.4. The van der Waals surface area contributed by atoms with E-state index in [2.05, 4.69) is 9.71 Å². The number of hydrogen-bond donors (Lipinski definition) is 1. The van der Waals surface area contributed by atoms with Gasteiger partial charge in [0.1, 0.15) is 24.0 Å². The van der Waals surface area contributed by atoms with Gasteiger partial charge in [0, 0.05) is 23.1 Å². The molecule has 152 valence electrons. The molecule has 9 heteroatoms. The standard InChI is InChI=1S/C20H19FN2O4S2/c1-13-19(28-20(23-13)14-3-2-4-15(21)11-14)7-8-22-29(24,25)16-5-6-17-18(12-16)27-10-9-26-17/h2-6,11-12,22H,7-10H2,1H3. The Balaban J connectivity index is 1.43. The average molecular weight is 435 g/mol. The van der Waals surface area contributed by atoms with Crippen molar-refractivity contribution in [2.45, 2.75) is 18.2 Å². The quantitative estimate of drug-likeness (QED) is 0.642. The molecule has 4 rings (SSSR count). The maximum absolute atomic E-state index is 13.4. The summed E-state index contributed by atoms with van der Waals surface area (Å²) in [7, 11) is -3.68. The number of sulfonamides is 1. The highest BCUT2D eigenvalue weighted by Crippen LogP contribution is 2.32. The lowest BCUT2D eigenvalue weighted by Gasteiger charge is -2.18. The zero-order valence-electron chi connectivity index (χ0n) is 15.6. The van der Waals surface area contributed by atoms with Gasteiger partial charge in [0.15, 0.2) is 11.5 Å². The number of nitrogens with zero attached hydrogens (tertiary/aromatic N) is 1. The molecule has 3 aromatic rings. The van der Waals surface area contributed by atoms with E-state index in [0.717, 1.165) is 10.6 Å². The first-order valence-electron chi connectivity index (χ1n) is 9.04. The normalized spacial score (nSPS) is 13.4. The third-order valence-corrected chi connectivity index (χ3v) is 7.16. The Labute approximate surface area is 172 Å². The third-order valence-electron chi connectivity index (χ3n) is 4.43. The Morgan fingerprint density at radius 3 is 2.72 bits per heavy atom. The number of fused-ring (bicyclic) bond motifs is 1. The van der Waals surface area contributed by atoms with E-state index in [1.807, 2.05) is 6.92 Å². The summed E-state index contributed by atoms with van der Waals surface area (Å²) in [4.78, 5) is 5.57. The largest absolute Gasteiger partial charge is 0.486 e. The number of rotatable bonds is 6. The Morgan fingerprint density at radius 2 is 1.93 bits per heavy atom.